The second-order valence-corrected chi connectivity index (χ2v) is 23.3. The monoisotopic (exact) mass is 847 g/mol. The first kappa shape index (κ1) is 42.9. The quantitative estimate of drug-likeness (QED) is 0.0929. The van der Waals surface area contributed by atoms with Gasteiger partial charge in [0.05, 0.1) is 18.7 Å². The lowest BCUT2D eigenvalue weighted by Gasteiger charge is -2.54. The second-order valence-electron chi connectivity index (χ2n) is 18.6. The third kappa shape index (κ3) is 7.42. The van der Waals surface area contributed by atoms with Gasteiger partial charge in [-0.25, -0.2) is 0 Å². The predicted octanol–water partition coefficient (Wildman–Crippen LogP) is 9.73. The standard InChI is InChI=1S/C49H61N3O8Si/c1-9-23-50-41-35-26-32-25-34-39(37(57-28-30-18-13-11-14-19-30)27-33(43(34)56-6)36-22-17-24-52(36)10-2)42(53)38(32)45(54)49(35,60-61(7,8)48(3,4)5)46(55)40-44(41)59-51-47(40)58-29-31-20-15-12-16-21-31/h11-16,18-21,27,32,35-36,41,50,53H,9-10,17,22-26,28-29H2,1-8H3/t32-,35-,36-,41-,49?/m0/s1. The van der Waals surface area contributed by atoms with E-state index in [1.165, 1.54) is 0 Å². The molecular formula is C49H61N3O8Si. The Hall–Kier alpha value is -4.75. The number of rotatable bonds is 14. The minimum absolute atomic E-state index is 0.0211. The van der Waals surface area contributed by atoms with Crippen molar-refractivity contribution in [3.05, 3.63) is 111 Å². The number of ether oxygens (including phenoxy) is 3. The fourth-order valence-electron chi connectivity index (χ4n) is 9.88. The fraction of sp³-hybridized carbons (Fsp3) is 0.490. The van der Waals surface area contributed by atoms with Crippen molar-refractivity contribution in [1.29, 1.82) is 0 Å². The number of ketones is 2. The van der Waals surface area contributed by atoms with Crippen LogP contribution in [0.4, 0.5) is 0 Å². The topological polar surface area (TPSA) is 133 Å². The van der Waals surface area contributed by atoms with Gasteiger partial charge in [-0.05, 0) is 98.1 Å². The molecule has 1 unspecified atom stereocenters. The number of carbonyl (C=O) groups is 2. The maximum atomic E-state index is 16.1. The van der Waals surface area contributed by atoms with E-state index < -0.39 is 43.4 Å². The molecular weight excluding hydrogens is 787 g/mol. The number of fused-ring (bicyclic) bond motifs is 4. The molecule has 61 heavy (non-hydrogen) atoms. The lowest BCUT2D eigenvalue weighted by Crippen LogP contribution is -2.68. The summed E-state index contributed by atoms with van der Waals surface area (Å²) in [5.74, 6) is -0.860. The van der Waals surface area contributed by atoms with E-state index in [1.54, 1.807) is 7.11 Å². The lowest BCUT2D eigenvalue weighted by molar-refractivity contribution is -0.138. The van der Waals surface area contributed by atoms with Crippen molar-refractivity contribution in [1.82, 2.24) is 15.4 Å². The number of aliphatic hydroxyl groups excluding tert-OH is 1. The van der Waals surface area contributed by atoms with E-state index in [2.05, 4.69) is 63.1 Å². The maximum absolute atomic E-state index is 16.1. The lowest BCUT2D eigenvalue weighted by atomic mass is 9.57. The van der Waals surface area contributed by atoms with Crippen LogP contribution < -0.4 is 19.5 Å². The van der Waals surface area contributed by atoms with Gasteiger partial charge < -0.3 is 33.6 Å². The molecule has 1 saturated carbocycles. The van der Waals surface area contributed by atoms with Crippen molar-refractivity contribution < 1.29 is 37.9 Å². The molecule has 0 bridgehead atoms. The van der Waals surface area contributed by atoms with Crippen molar-refractivity contribution in [3.8, 4) is 17.4 Å². The number of nitrogens with zero attached hydrogens (tertiary/aromatic N) is 2. The van der Waals surface area contributed by atoms with Crippen molar-refractivity contribution >= 4 is 25.6 Å². The molecule has 0 amide bonds. The minimum atomic E-state index is -2.92. The van der Waals surface area contributed by atoms with Crippen LogP contribution in [0.2, 0.25) is 18.1 Å². The summed E-state index contributed by atoms with van der Waals surface area (Å²) in [6, 6.07) is 21.0. The van der Waals surface area contributed by atoms with E-state index in [0.717, 1.165) is 54.6 Å². The number of Topliss-reactive ketones (excluding diaryl/α,β-unsaturated/α-hetero) is 2. The van der Waals surface area contributed by atoms with Gasteiger partial charge >= 0.3 is 0 Å². The molecule has 3 aliphatic carbocycles. The highest BCUT2D eigenvalue weighted by molar-refractivity contribution is 6.74. The van der Waals surface area contributed by atoms with Crippen LogP contribution in [0.1, 0.15) is 116 Å². The highest BCUT2D eigenvalue weighted by Gasteiger charge is 2.68. The maximum Gasteiger partial charge on any atom is 0.265 e. The average Bonchev–Trinajstić information content (AvgIpc) is 3.90. The van der Waals surface area contributed by atoms with Gasteiger partial charge in [0, 0.05) is 28.7 Å². The summed E-state index contributed by atoms with van der Waals surface area (Å²) >= 11 is 0. The molecule has 11 nitrogen and oxygen atoms in total. The molecule has 1 saturated heterocycles. The third-order valence-corrected chi connectivity index (χ3v) is 18.4. The molecule has 0 spiro atoms. The van der Waals surface area contributed by atoms with Gasteiger partial charge in [-0.3, -0.25) is 14.5 Å². The van der Waals surface area contributed by atoms with Gasteiger partial charge in [-0.2, -0.15) is 0 Å². The Bertz CT molecular complexity index is 2300. The van der Waals surface area contributed by atoms with Gasteiger partial charge in [0.1, 0.15) is 36.0 Å². The smallest absolute Gasteiger partial charge is 0.265 e. The molecule has 2 heterocycles. The van der Waals surface area contributed by atoms with Crippen LogP contribution in [-0.2, 0) is 28.9 Å². The normalized spacial score (nSPS) is 23.9. The number of hydrogen-bond donors (Lipinski definition) is 2. The first-order chi connectivity index (χ1) is 29.2. The Morgan fingerprint density at radius 2 is 1.64 bits per heavy atom. The number of carbonyl (C=O) groups excluding carboxylic acids is 2. The Morgan fingerprint density at radius 1 is 0.967 bits per heavy atom. The van der Waals surface area contributed by atoms with E-state index in [1.807, 2.05) is 66.7 Å². The molecule has 5 atom stereocenters. The number of hydrogen-bond acceptors (Lipinski definition) is 11. The van der Waals surface area contributed by atoms with Crippen molar-refractivity contribution in [2.45, 2.75) is 116 Å². The summed E-state index contributed by atoms with van der Waals surface area (Å²) in [7, 11) is -1.23. The van der Waals surface area contributed by atoms with Crippen LogP contribution in [0.5, 0.6) is 17.4 Å². The van der Waals surface area contributed by atoms with E-state index in [0.29, 0.717) is 42.2 Å². The summed E-state index contributed by atoms with van der Waals surface area (Å²) in [6.07, 6.45) is 3.58. The number of methoxy groups -OCH3 is 1. The number of likely N-dealkylation sites (tertiary alicyclic amines) is 1. The van der Waals surface area contributed by atoms with Gasteiger partial charge in [0.15, 0.2) is 19.7 Å². The van der Waals surface area contributed by atoms with Crippen LogP contribution in [0.3, 0.4) is 0 Å². The zero-order valence-corrected chi connectivity index (χ0v) is 37.9. The van der Waals surface area contributed by atoms with Gasteiger partial charge in [-0.15, -0.1) is 0 Å². The highest BCUT2D eigenvalue weighted by atomic mass is 28.4. The zero-order valence-electron chi connectivity index (χ0n) is 36.9. The van der Waals surface area contributed by atoms with E-state index in [-0.39, 0.29) is 47.1 Å². The van der Waals surface area contributed by atoms with Crippen LogP contribution in [-0.4, -0.2) is 67.4 Å². The summed E-state index contributed by atoms with van der Waals surface area (Å²) in [4.78, 5) is 34.2. The van der Waals surface area contributed by atoms with E-state index in [4.69, 9.17) is 23.2 Å². The molecule has 4 aromatic rings. The average molecular weight is 848 g/mol. The largest absolute Gasteiger partial charge is 0.507 e. The molecule has 2 fully saturated rings. The van der Waals surface area contributed by atoms with Crippen molar-refractivity contribution in [3.63, 3.8) is 0 Å². The molecule has 2 N–H and O–H groups in total. The van der Waals surface area contributed by atoms with Gasteiger partial charge in [0.25, 0.3) is 5.88 Å². The number of nitrogens with one attached hydrogen (secondary N) is 1. The molecule has 3 aromatic carbocycles. The Morgan fingerprint density at radius 3 is 2.26 bits per heavy atom. The van der Waals surface area contributed by atoms with Crippen LogP contribution in [0.25, 0.3) is 5.76 Å². The zero-order chi connectivity index (χ0) is 43.3. The number of aliphatic hydroxyl groups is 1. The minimum Gasteiger partial charge on any atom is -0.507 e. The number of aromatic nitrogens is 1. The fourth-order valence-corrected chi connectivity index (χ4v) is 11.3. The van der Waals surface area contributed by atoms with Crippen molar-refractivity contribution in [2.24, 2.45) is 11.8 Å². The van der Waals surface area contributed by atoms with Crippen LogP contribution in [0.15, 0.2) is 76.8 Å². The Labute approximate surface area is 360 Å². The Balaban J connectivity index is 1.32. The highest BCUT2D eigenvalue weighted by Crippen LogP contribution is 2.59. The second kappa shape index (κ2) is 16.8. The van der Waals surface area contributed by atoms with Gasteiger partial charge in [-0.1, -0.05) is 95.3 Å². The molecule has 12 heteroatoms. The summed E-state index contributed by atoms with van der Waals surface area (Å²) in [6.45, 7) is 17.5. The van der Waals surface area contributed by atoms with Crippen LogP contribution >= 0.6 is 0 Å². The summed E-state index contributed by atoms with van der Waals surface area (Å²) < 4.78 is 32.7. The third-order valence-electron chi connectivity index (χ3n) is 13.9. The van der Waals surface area contributed by atoms with E-state index in [9.17, 15) is 5.11 Å². The first-order valence-electron chi connectivity index (χ1n) is 22.0. The Kier molecular flexibility index (Phi) is 11.9. The molecule has 4 aliphatic rings. The van der Waals surface area contributed by atoms with Gasteiger partial charge in [0.2, 0.25) is 11.6 Å². The predicted molar refractivity (Wildman–Crippen MR) is 237 cm³/mol. The first-order valence-corrected chi connectivity index (χ1v) is 24.9. The molecule has 1 aliphatic heterocycles. The van der Waals surface area contributed by atoms with Crippen molar-refractivity contribution in [2.75, 3.05) is 26.7 Å². The SMILES string of the molecule is CCCN[C@@H]1c2onc(OCc3ccccc3)c2C(=O)C2(O[Si](C)(C)C(C)(C)C)C(=O)C3=C(O)c4c(OCc5ccccc5)cc([C@@H]5CCCN5CC)c(OC)c4C[C@H]3C[C@@H]12. The molecule has 324 valence electrons. The summed E-state index contributed by atoms with van der Waals surface area (Å²) in [5.41, 5.74) is 2.40. The van der Waals surface area contributed by atoms with Crippen LogP contribution in [0, 0.1) is 11.8 Å². The molecule has 1 aromatic heterocycles. The molecule has 8 rings (SSSR count). The van der Waals surface area contributed by atoms with E-state index >= 15 is 9.59 Å². The summed E-state index contributed by atoms with van der Waals surface area (Å²) in [5, 5.41) is 20.5. The molecule has 0 radical (unpaired) electrons. The number of benzene rings is 3.